The van der Waals surface area contributed by atoms with Gasteiger partial charge in [0.15, 0.2) is 6.29 Å². The van der Waals surface area contributed by atoms with E-state index in [1.165, 1.54) is 6.92 Å². The molecule has 0 aliphatic heterocycles. The Labute approximate surface area is 82.1 Å². The molecule has 0 saturated heterocycles. The zero-order valence-electron chi connectivity index (χ0n) is 7.70. The minimum absolute atomic E-state index is 0.162. The zero-order valence-corrected chi connectivity index (χ0v) is 7.70. The van der Waals surface area contributed by atoms with Crippen LogP contribution in [-0.4, -0.2) is 12.2 Å². The summed E-state index contributed by atoms with van der Waals surface area (Å²) in [6.07, 6.45) is 0.518. The Morgan fingerprint density at radius 1 is 1.43 bits per heavy atom. The van der Waals surface area contributed by atoms with Crippen LogP contribution < -0.4 is 5.32 Å². The summed E-state index contributed by atoms with van der Waals surface area (Å²) in [6, 6.07) is 7.05. The maximum Gasteiger partial charge on any atom is 0.221 e. The first-order chi connectivity index (χ1) is 6.74. The van der Waals surface area contributed by atoms with Crippen LogP contribution >= 0.6 is 0 Å². The number of hydrogen-bond acceptors (Lipinski definition) is 2. The van der Waals surface area contributed by atoms with Gasteiger partial charge in [0.25, 0.3) is 0 Å². The Balaban J connectivity index is 3.02. The number of carbonyl (C=O) groups excluding carboxylic acids is 2. The Morgan fingerprint density at radius 3 is 2.79 bits per heavy atom. The van der Waals surface area contributed by atoms with Crippen LogP contribution in [-0.2, 0) is 9.59 Å². The largest absolute Gasteiger partial charge is 0.325 e. The van der Waals surface area contributed by atoms with Gasteiger partial charge in [0.1, 0.15) is 0 Å². The first-order valence-corrected chi connectivity index (χ1v) is 4.06. The quantitative estimate of drug-likeness (QED) is 0.530. The summed E-state index contributed by atoms with van der Waals surface area (Å²) in [7, 11) is 0. The summed E-state index contributed by atoms with van der Waals surface area (Å²) in [5.74, 6) is 4.77. The van der Waals surface area contributed by atoms with E-state index < -0.39 is 0 Å². The Hall–Kier alpha value is -2.08. The molecular weight excluding hydrogens is 178 g/mol. The minimum Gasteiger partial charge on any atom is -0.325 e. The van der Waals surface area contributed by atoms with Crippen molar-refractivity contribution in [3.63, 3.8) is 0 Å². The van der Waals surface area contributed by atoms with Crippen LogP contribution in [0.15, 0.2) is 24.3 Å². The maximum atomic E-state index is 10.8. The second kappa shape index (κ2) is 4.83. The third kappa shape index (κ3) is 2.76. The number of benzene rings is 1. The van der Waals surface area contributed by atoms with Crippen LogP contribution in [0, 0.1) is 11.8 Å². The Kier molecular flexibility index (Phi) is 3.45. The van der Waals surface area contributed by atoms with Crippen molar-refractivity contribution >= 4 is 17.9 Å². The third-order valence-electron chi connectivity index (χ3n) is 1.50. The van der Waals surface area contributed by atoms with Gasteiger partial charge in [0, 0.05) is 12.5 Å². The van der Waals surface area contributed by atoms with E-state index in [0.29, 0.717) is 17.5 Å². The molecule has 0 radical (unpaired) electrons. The fourth-order valence-corrected chi connectivity index (χ4v) is 0.998. The summed E-state index contributed by atoms with van der Waals surface area (Å²) in [5, 5.41) is 2.62. The molecule has 0 heterocycles. The first-order valence-electron chi connectivity index (χ1n) is 4.06. The van der Waals surface area contributed by atoms with Crippen LogP contribution in [0.5, 0.6) is 0 Å². The molecule has 1 rings (SSSR count). The van der Waals surface area contributed by atoms with Crippen LogP contribution in [0.2, 0.25) is 0 Å². The normalized spacial score (nSPS) is 8.36. The summed E-state index contributed by atoms with van der Waals surface area (Å²) in [5.41, 5.74) is 1.25. The van der Waals surface area contributed by atoms with Crippen molar-refractivity contribution in [3.05, 3.63) is 29.8 Å². The standard InChI is InChI=1S/C11H9NO2/c1-9(14)12-11-7-3-2-5-10(11)6-4-8-13/h2-3,5,7-8H,1H3,(H,12,14). The molecule has 0 bridgehead atoms. The predicted octanol–water partition coefficient (Wildman–Crippen LogP) is 1.20. The van der Waals surface area contributed by atoms with Gasteiger partial charge in [0.05, 0.1) is 5.69 Å². The van der Waals surface area contributed by atoms with Crippen molar-refractivity contribution in [2.75, 3.05) is 5.32 Å². The molecule has 0 aliphatic carbocycles. The molecule has 0 spiro atoms. The van der Waals surface area contributed by atoms with Gasteiger partial charge in [-0.05, 0) is 18.1 Å². The van der Waals surface area contributed by atoms with E-state index in [9.17, 15) is 9.59 Å². The zero-order chi connectivity index (χ0) is 10.4. The topological polar surface area (TPSA) is 46.2 Å². The molecule has 3 nitrogen and oxygen atoms in total. The molecular formula is C11H9NO2. The van der Waals surface area contributed by atoms with Gasteiger partial charge >= 0.3 is 0 Å². The van der Waals surface area contributed by atoms with Gasteiger partial charge in [-0.2, -0.15) is 0 Å². The molecule has 0 atom stereocenters. The number of rotatable bonds is 1. The highest BCUT2D eigenvalue weighted by Crippen LogP contribution is 2.12. The molecule has 3 heteroatoms. The first kappa shape index (κ1) is 10.0. The van der Waals surface area contributed by atoms with E-state index >= 15 is 0 Å². The summed E-state index contributed by atoms with van der Waals surface area (Å²) in [6.45, 7) is 1.42. The molecule has 70 valence electrons. The van der Waals surface area contributed by atoms with Crippen LogP contribution in [0.1, 0.15) is 12.5 Å². The lowest BCUT2D eigenvalue weighted by atomic mass is 10.2. The van der Waals surface area contributed by atoms with Gasteiger partial charge in [0.2, 0.25) is 5.91 Å². The molecule has 1 aromatic rings. The lowest BCUT2D eigenvalue weighted by Crippen LogP contribution is -2.06. The molecule has 0 fully saturated rings. The molecule has 1 amide bonds. The van der Waals surface area contributed by atoms with Gasteiger partial charge in [-0.25, -0.2) is 0 Å². The van der Waals surface area contributed by atoms with Crippen molar-refractivity contribution in [1.29, 1.82) is 0 Å². The molecule has 0 unspecified atom stereocenters. The number of anilines is 1. The maximum absolute atomic E-state index is 10.8. The summed E-state index contributed by atoms with van der Waals surface area (Å²) in [4.78, 5) is 20.9. The lowest BCUT2D eigenvalue weighted by molar-refractivity contribution is -0.114. The SMILES string of the molecule is CC(=O)Nc1ccccc1C#CC=O. The van der Waals surface area contributed by atoms with Crippen LogP contribution in [0.4, 0.5) is 5.69 Å². The fourth-order valence-electron chi connectivity index (χ4n) is 0.998. The number of amides is 1. The minimum atomic E-state index is -0.162. The highest BCUT2D eigenvalue weighted by atomic mass is 16.1. The van der Waals surface area contributed by atoms with Crippen molar-refractivity contribution in [3.8, 4) is 11.8 Å². The highest BCUT2D eigenvalue weighted by molar-refractivity contribution is 5.90. The Bertz CT molecular complexity index is 413. The van der Waals surface area contributed by atoms with Crippen molar-refractivity contribution < 1.29 is 9.59 Å². The number of carbonyl (C=O) groups is 2. The molecule has 0 saturated carbocycles. The average molecular weight is 187 g/mol. The van der Waals surface area contributed by atoms with Crippen molar-refractivity contribution in [2.45, 2.75) is 6.92 Å². The smallest absolute Gasteiger partial charge is 0.221 e. The van der Waals surface area contributed by atoms with E-state index in [1.807, 2.05) is 0 Å². The molecule has 14 heavy (non-hydrogen) atoms. The summed E-state index contributed by atoms with van der Waals surface area (Å²) < 4.78 is 0. The number of aldehydes is 1. The molecule has 0 aliphatic rings. The number of nitrogens with one attached hydrogen (secondary N) is 1. The van der Waals surface area contributed by atoms with Crippen LogP contribution in [0.25, 0.3) is 0 Å². The molecule has 1 N–H and O–H groups in total. The highest BCUT2D eigenvalue weighted by Gasteiger charge is 1.99. The number of hydrogen-bond donors (Lipinski definition) is 1. The number of para-hydroxylation sites is 1. The monoisotopic (exact) mass is 187 g/mol. The van der Waals surface area contributed by atoms with E-state index in [1.54, 1.807) is 24.3 Å². The second-order valence-electron chi connectivity index (χ2n) is 2.61. The van der Waals surface area contributed by atoms with Crippen molar-refractivity contribution in [2.24, 2.45) is 0 Å². The molecule has 0 aromatic heterocycles. The Morgan fingerprint density at radius 2 is 2.14 bits per heavy atom. The predicted molar refractivity (Wildman–Crippen MR) is 53.7 cm³/mol. The fraction of sp³-hybridized carbons (Fsp3) is 0.0909. The van der Waals surface area contributed by atoms with E-state index in [0.717, 1.165) is 0 Å². The summed E-state index contributed by atoms with van der Waals surface area (Å²) >= 11 is 0. The van der Waals surface area contributed by atoms with E-state index in [2.05, 4.69) is 17.2 Å². The van der Waals surface area contributed by atoms with Crippen LogP contribution in [0.3, 0.4) is 0 Å². The van der Waals surface area contributed by atoms with E-state index in [-0.39, 0.29) is 5.91 Å². The van der Waals surface area contributed by atoms with E-state index in [4.69, 9.17) is 0 Å². The van der Waals surface area contributed by atoms with Crippen molar-refractivity contribution in [1.82, 2.24) is 0 Å². The third-order valence-corrected chi connectivity index (χ3v) is 1.50. The van der Waals surface area contributed by atoms with Gasteiger partial charge in [-0.15, -0.1) is 0 Å². The van der Waals surface area contributed by atoms with Gasteiger partial charge in [-0.3, -0.25) is 9.59 Å². The van der Waals surface area contributed by atoms with Gasteiger partial charge < -0.3 is 5.32 Å². The average Bonchev–Trinajstić information content (AvgIpc) is 2.16. The second-order valence-corrected chi connectivity index (χ2v) is 2.61. The lowest BCUT2D eigenvalue weighted by Gasteiger charge is -2.03. The van der Waals surface area contributed by atoms with Gasteiger partial charge in [-0.1, -0.05) is 18.1 Å². The molecule has 1 aromatic carbocycles.